The fourth-order valence-corrected chi connectivity index (χ4v) is 2.62. The number of anilines is 1. The lowest BCUT2D eigenvalue weighted by atomic mass is 10.2. The summed E-state index contributed by atoms with van der Waals surface area (Å²) in [5.74, 6) is 0.696. The maximum atomic E-state index is 5.88. The van der Waals surface area contributed by atoms with Crippen LogP contribution in [0.25, 0.3) is 0 Å². The Hall–Kier alpha value is -1.11. The minimum absolute atomic E-state index is 0.278. The van der Waals surface area contributed by atoms with Crippen LogP contribution in [0.2, 0.25) is 5.02 Å². The van der Waals surface area contributed by atoms with Crippen LogP contribution in [0.3, 0.4) is 0 Å². The molecule has 2 N–H and O–H groups in total. The Labute approximate surface area is 143 Å². The van der Waals surface area contributed by atoms with Crippen molar-refractivity contribution in [1.82, 2.24) is 15.1 Å². The van der Waals surface area contributed by atoms with Crippen LogP contribution in [0, 0.1) is 0 Å². The van der Waals surface area contributed by atoms with E-state index in [1.54, 1.807) is 0 Å². The van der Waals surface area contributed by atoms with Gasteiger partial charge in [-0.3, -0.25) is 4.68 Å². The Balaban J connectivity index is 2.04. The van der Waals surface area contributed by atoms with Gasteiger partial charge < -0.3 is 10.6 Å². The third-order valence-electron chi connectivity index (χ3n) is 2.63. The molecule has 2 rings (SSSR count). The Kier molecular flexibility index (Phi) is 5.61. The number of thiocarbonyl (C=S) groups is 1. The van der Waals surface area contributed by atoms with Crippen LogP contribution in [-0.4, -0.2) is 20.9 Å². The van der Waals surface area contributed by atoms with E-state index in [1.165, 1.54) is 0 Å². The molecular weight excluding hydrogens is 372 g/mol. The van der Waals surface area contributed by atoms with Crippen molar-refractivity contribution in [2.45, 2.75) is 26.4 Å². The standard InChI is InChI=1S/C14H16BrClN4S/c1-9(2)17-14(21)18-13-12(15)8-20(19-13)7-10-3-5-11(16)6-4-10/h3-6,8-9H,7H2,1-2H3,(H2,17,18,19,21). The lowest BCUT2D eigenvalue weighted by Gasteiger charge is -2.11. The van der Waals surface area contributed by atoms with Crippen molar-refractivity contribution in [3.63, 3.8) is 0 Å². The summed E-state index contributed by atoms with van der Waals surface area (Å²) >= 11 is 14.6. The predicted molar refractivity (Wildman–Crippen MR) is 95.0 cm³/mol. The normalized spacial score (nSPS) is 10.7. The molecule has 21 heavy (non-hydrogen) atoms. The summed E-state index contributed by atoms with van der Waals surface area (Å²) in [6.07, 6.45) is 1.91. The molecule has 112 valence electrons. The molecule has 0 radical (unpaired) electrons. The highest BCUT2D eigenvalue weighted by atomic mass is 79.9. The second-order valence-electron chi connectivity index (χ2n) is 4.90. The number of benzene rings is 1. The lowest BCUT2D eigenvalue weighted by Crippen LogP contribution is -2.34. The number of rotatable bonds is 4. The van der Waals surface area contributed by atoms with Crippen molar-refractivity contribution in [3.05, 3.63) is 45.5 Å². The number of hydrogen-bond acceptors (Lipinski definition) is 2. The first-order valence-electron chi connectivity index (χ1n) is 6.49. The van der Waals surface area contributed by atoms with Crippen molar-refractivity contribution in [3.8, 4) is 0 Å². The van der Waals surface area contributed by atoms with E-state index in [9.17, 15) is 0 Å². The Morgan fingerprint density at radius 1 is 1.38 bits per heavy atom. The Morgan fingerprint density at radius 3 is 2.67 bits per heavy atom. The average molecular weight is 388 g/mol. The van der Waals surface area contributed by atoms with Gasteiger partial charge in [-0.1, -0.05) is 23.7 Å². The summed E-state index contributed by atoms with van der Waals surface area (Å²) in [5.41, 5.74) is 1.13. The summed E-state index contributed by atoms with van der Waals surface area (Å²) in [6.45, 7) is 4.73. The molecule has 0 fully saturated rings. The lowest BCUT2D eigenvalue weighted by molar-refractivity contribution is 0.689. The maximum absolute atomic E-state index is 5.88. The minimum Gasteiger partial charge on any atom is -0.360 e. The van der Waals surface area contributed by atoms with E-state index >= 15 is 0 Å². The molecule has 0 aliphatic rings. The van der Waals surface area contributed by atoms with Crippen molar-refractivity contribution in [1.29, 1.82) is 0 Å². The van der Waals surface area contributed by atoms with E-state index in [4.69, 9.17) is 23.8 Å². The molecule has 0 saturated heterocycles. The number of nitrogens with one attached hydrogen (secondary N) is 2. The summed E-state index contributed by atoms with van der Waals surface area (Å²) in [4.78, 5) is 0. The molecule has 1 aromatic heterocycles. The van der Waals surface area contributed by atoms with Crippen LogP contribution in [0.1, 0.15) is 19.4 Å². The highest BCUT2D eigenvalue weighted by Gasteiger charge is 2.09. The summed E-state index contributed by atoms with van der Waals surface area (Å²) < 4.78 is 2.71. The third-order valence-corrected chi connectivity index (χ3v) is 3.68. The van der Waals surface area contributed by atoms with Crippen molar-refractivity contribution in [2.75, 3.05) is 5.32 Å². The number of hydrogen-bond donors (Lipinski definition) is 2. The third kappa shape index (κ3) is 4.98. The zero-order chi connectivity index (χ0) is 15.4. The van der Waals surface area contributed by atoms with Crippen molar-refractivity contribution in [2.24, 2.45) is 0 Å². The van der Waals surface area contributed by atoms with Gasteiger partial charge in [-0.05, 0) is 59.7 Å². The molecule has 0 aliphatic heterocycles. The van der Waals surface area contributed by atoms with Gasteiger partial charge in [0, 0.05) is 17.3 Å². The van der Waals surface area contributed by atoms with Crippen LogP contribution in [0.15, 0.2) is 34.9 Å². The zero-order valence-electron chi connectivity index (χ0n) is 11.7. The molecule has 0 saturated carbocycles. The molecule has 1 heterocycles. The van der Waals surface area contributed by atoms with Crippen LogP contribution in [-0.2, 0) is 6.54 Å². The molecular formula is C14H16BrClN4S. The first-order chi connectivity index (χ1) is 9.94. The fourth-order valence-electron chi connectivity index (χ4n) is 1.75. The van der Waals surface area contributed by atoms with Crippen molar-refractivity contribution < 1.29 is 0 Å². The Morgan fingerprint density at radius 2 is 2.05 bits per heavy atom. The SMILES string of the molecule is CC(C)NC(=S)Nc1nn(Cc2ccc(Cl)cc2)cc1Br. The number of halogens is 2. The van der Waals surface area contributed by atoms with Crippen LogP contribution < -0.4 is 10.6 Å². The van der Waals surface area contributed by atoms with E-state index in [0.717, 1.165) is 15.1 Å². The second-order valence-corrected chi connectivity index (χ2v) is 6.60. The van der Waals surface area contributed by atoms with E-state index in [-0.39, 0.29) is 6.04 Å². The van der Waals surface area contributed by atoms with Gasteiger partial charge >= 0.3 is 0 Å². The molecule has 0 amide bonds. The summed E-state index contributed by atoms with van der Waals surface area (Å²) in [5, 5.41) is 12.0. The largest absolute Gasteiger partial charge is 0.360 e. The van der Waals surface area contributed by atoms with Gasteiger partial charge in [0.25, 0.3) is 0 Å². The van der Waals surface area contributed by atoms with Crippen LogP contribution >= 0.6 is 39.7 Å². The van der Waals surface area contributed by atoms with E-state index < -0.39 is 0 Å². The highest BCUT2D eigenvalue weighted by molar-refractivity contribution is 9.10. The van der Waals surface area contributed by atoms with Gasteiger partial charge in [-0.15, -0.1) is 0 Å². The molecule has 0 bridgehead atoms. The molecule has 0 aliphatic carbocycles. The quantitative estimate of drug-likeness (QED) is 0.777. The second kappa shape index (κ2) is 7.24. The topological polar surface area (TPSA) is 41.9 Å². The summed E-state index contributed by atoms with van der Waals surface area (Å²) in [6, 6.07) is 7.98. The fraction of sp³-hybridized carbons (Fsp3) is 0.286. The van der Waals surface area contributed by atoms with Gasteiger partial charge in [0.2, 0.25) is 0 Å². The van der Waals surface area contributed by atoms with Crippen molar-refractivity contribution >= 4 is 50.7 Å². The summed E-state index contributed by atoms with van der Waals surface area (Å²) in [7, 11) is 0. The smallest absolute Gasteiger partial charge is 0.172 e. The molecule has 2 aromatic rings. The molecule has 1 aromatic carbocycles. The van der Waals surface area contributed by atoms with Crippen LogP contribution in [0.4, 0.5) is 5.82 Å². The van der Waals surface area contributed by atoms with E-state index in [0.29, 0.717) is 17.5 Å². The molecule has 0 spiro atoms. The molecule has 0 atom stereocenters. The minimum atomic E-state index is 0.278. The zero-order valence-corrected chi connectivity index (χ0v) is 14.9. The highest BCUT2D eigenvalue weighted by Crippen LogP contribution is 2.21. The van der Waals surface area contributed by atoms with Gasteiger partial charge in [0.1, 0.15) is 0 Å². The first kappa shape index (κ1) is 16.3. The molecule has 4 nitrogen and oxygen atoms in total. The monoisotopic (exact) mass is 386 g/mol. The molecule has 0 unspecified atom stereocenters. The number of aromatic nitrogens is 2. The maximum Gasteiger partial charge on any atom is 0.172 e. The van der Waals surface area contributed by atoms with Crippen LogP contribution in [0.5, 0.6) is 0 Å². The van der Waals surface area contributed by atoms with Gasteiger partial charge in [-0.2, -0.15) is 5.10 Å². The first-order valence-corrected chi connectivity index (χ1v) is 8.07. The number of nitrogens with zero attached hydrogens (tertiary/aromatic N) is 2. The van der Waals surface area contributed by atoms with E-state index in [1.807, 2.05) is 49.0 Å². The molecule has 7 heteroatoms. The predicted octanol–water partition coefficient (Wildman–Crippen LogP) is 4.04. The van der Waals surface area contributed by atoms with Gasteiger partial charge in [0.15, 0.2) is 10.9 Å². The Bertz CT molecular complexity index is 624. The average Bonchev–Trinajstić information content (AvgIpc) is 2.71. The van der Waals surface area contributed by atoms with Gasteiger partial charge in [-0.25, -0.2) is 0 Å². The van der Waals surface area contributed by atoms with Gasteiger partial charge in [0.05, 0.1) is 11.0 Å². The van der Waals surface area contributed by atoms with E-state index in [2.05, 4.69) is 31.7 Å².